The highest BCUT2D eigenvalue weighted by molar-refractivity contribution is 9.10. The molecule has 0 aromatic heterocycles. The SMILES string of the molecule is Cc1cc(Br)ccc1N1CC(C)NCC1C. The van der Waals surface area contributed by atoms with Crippen molar-refractivity contribution in [3.8, 4) is 0 Å². The maximum absolute atomic E-state index is 3.52. The third kappa shape index (κ3) is 2.41. The lowest BCUT2D eigenvalue weighted by Gasteiger charge is -2.40. The van der Waals surface area contributed by atoms with Gasteiger partial charge in [0.1, 0.15) is 0 Å². The Morgan fingerprint density at radius 1 is 1.38 bits per heavy atom. The van der Waals surface area contributed by atoms with E-state index in [1.165, 1.54) is 11.3 Å². The molecule has 0 spiro atoms. The molecule has 0 aliphatic carbocycles. The highest BCUT2D eigenvalue weighted by atomic mass is 79.9. The van der Waals surface area contributed by atoms with E-state index in [2.05, 4.69) is 65.1 Å². The van der Waals surface area contributed by atoms with Gasteiger partial charge in [-0.3, -0.25) is 0 Å². The van der Waals surface area contributed by atoms with Crippen molar-refractivity contribution < 1.29 is 0 Å². The van der Waals surface area contributed by atoms with E-state index in [9.17, 15) is 0 Å². The van der Waals surface area contributed by atoms with E-state index in [4.69, 9.17) is 0 Å². The number of hydrogen-bond donors (Lipinski definition) is 1. The summed E-state index contributed by atoms with van der Waals surface area (Å²) in [5.41, 5.74) is 2.71. The average molecular weight is 283 g/mol. The zero-order chi connectivity index (χ0) is 11.7. The van der Waals surface area contributed by atoms with Gasteiger partial charge in [0, 0.05) is 35.3 Å². The Kier molecular flexibility index (Phi) is 3.55. The minimum Gasteiger partial charge on any atom is -0.366 e. The summed E-state index contributed by atoms with van der Waals surface area (Å²) in [5.74, 6) is 0. The molecule has 1 aliphatic rings. The van der Waals surface area contributed by atoms with Crippen molar-refractivity contribution in [1.82, 2.24) is 5.32 Å². The summed E-state index contributed by atoms with van der Waals surface area (Å²) in [7, 11) is 0. The predicted molar refractivity (Wildman–Crippen MR) is 73.2 cm³/mol. The van der Waals surface area contributed by atoms with Crippen molar-refractivity contribution >= 4 is 21.6 Å². The first-order chi connectivity index (χ1) is 7.58. The third-order valence-corrected chi connectivity index (χ3v) is 3.73. The number of nitrogens with zero attached hydrogens (tertiary/aromatic N) is 1. The highest BCUT2D eigenvalue weighted by Gasteiger charge is 2.23. The van der Waals surface area contributed by atoms with E-state index < -0.39 is 0 Å². The van der Waals surface area contributed by atoms with Crippen LogP contribution in [0.1, 0.15) is 19.4 Å². The van der Waals surface area contributed by atoms with Crippen LogP contribution < -0.4 is 10.2 Å². The second-order valence-corrected chi connectivity index (χ2v) is 5.66. The van der Waals surface area contributed by atoms with Gasteiger partial charge in [-0.05, 0) is 44.5 Å². The Bertz CT molecular complexity index is 378. The summed E-state index contributed by atoms with van der Waals surface area (Å²) in [4.78, 5) is 2.50. The number of anilines is 1. The molecule has 0 saturated carbocycles. The first-order valence-corrected chi connectivity index (χ1v) is 6.63. The summed E-state index contributed by atoms with van der Waals surface area (Å²) < 4.78 is 1.16. The van der Waals surface area contributed by atoms with Crippen LogP contribution in [0.3, 0.4) is 0 Å². The van der Waals surface area contributed by atoms with E-state index in [0.29, 0.717) is 12.1 Å². The van der Waals surface area contributed by atoms with Crippen molar-refractivity contribution in [2.24, 2.45) is 0 Å². The number of piperazine rings is 1. The molecule has 88 valence electrons. The van der Waals surface area contributed by atoms with Crippen LogP contribution in [0.15, 0.2) is 22.7 Å². The summed E-state index contributed by atoms with van der Waals surface area (Å²) in [6.45, 7) is 8.85. The molecule has 0 amide bonds. The van der Waals surface area contributed by atoms with Crippen molar-refractivity contribution in [2.45, 2.75) is 32.9 Å². The van der Waals surface area contributed by atoms with Gasteiger partial charge in [-0.1, -0.05) is 15.9 Å². The molecule has 1 aromatic carbocycles. The normalized spacial score (nSPS) is 25.9. The standard InChI is InChI=1S/C13H19BrN2/c1-9-6-12(14)4-5-13(9)16-8-10(2)15-7-11(16)3/h4-6,10-11,15H,7-8H2,1-3H3. The number of halogens is 1. The Labute approximate surface area is 106 Å². The van der Waals surface area contributed by atoms with E-state index in [1.807, 2.05) is 0 Å². The van der Waals surface area contributed by atoms with E-state index in [-0.39, 0.29) is 0 Å². The predicted octanol–water partition coefficient (Wildman–Crippen LogP) is 2.94. The lowest BCUT2D eigenvalue weighted by Crippen LogP contribution is -2.54. The molecule has 1 fully saturated rings. The van der Waals surface area contributed by atoms with Gasteiger partial charge in [-0.2, -0.15) is 0 Å². The Hall–Kier alpha value is -0.540. The molecular formula is C13H19BrN2. The molecule has 2 atom stereocenters. The Morgan fingerprint density at radius 3 is 2.81 bits per heavy atom. The van der Waals surface area contributed by atoms with E-state index in [1.54, 1.807) is 0 Å². The van der Waals surface area contributed by atoms with Crippen molar-refractivity contribution in [2.75, 3.05) is 18.0 Å². The van der Waals surface area contributed by atoms with Crippen LogP contribution in [0.4, 0.5) is 5.69 Å². The van der Waals surface area contributed by atoms with Crippen LogP contribution in [-0.4, -0.2) is 25.2 Å². The maximum Gasteiger partial charge on any atom is 0.0400 e. The van der Waals surface area contributed by atoms with Gasteiger partial charge in [0.05, 0.1) is 0 Å². The Balaban J connectivity index is 2.28. The molecule has 1 aliphatic heterocycles. The zero-order valence-electron chi connectivity index (χ0n) is 10.1. The first kappa shape index (κ1) is 11.9. The topological polar surface area (TPSA) is 15.3 Å². The third-order valence-electron chi connectivity index (χ3n) is 3.23. The van der Waals surface area contributed by atoms with Gasteiger partial charge >= 0.3 is 0 Å². The summed E-state index contributed by atoms with van der Waals surface area (Å²) in [6.07, 6.45) is 0. The molecule has 16 heavy (non-hydrogen) atoms. The van der Waals surface area contributed by atoms with Gasteiger partial charge in [0.2, 0.25) is 0 Å². The minimum atomic E-state index is 0.566. The van der Waals surface area contributed by atoms with Gasteiger partial charge in [-0.25, -0.2) is 0 Å². The van der Waals surface area contributed by atoms with Crippen molar-refractivity contribution in [1.29, 1.82) is 0 Å². The zero-order valence-corrected chi connectivity index (χ0v) is 11.7. The molecule has 1 heterocycles. The summed E-state index contributed by atoms with van der Waals surface area (Å²) >= 11 is 3.52. The minimum absolute atomic E-state index is 0.566. The van der Waals surface area contributed by atoms with Crippen molar-refractivity contribution in [3.05, 3.63) is 28.2 Å². The number of hydrogen-bond acceptors (Lipinski definition) is 2. The lowest BCUT2D eigenvalue weighted by molar-refractivity contribution is 0.424. The van der Waals surface area contributed by atoms with Crippen LogP contribution >= 0.6 is 15.9 Å². The molecular weight excluding hydrogens is 264 g/mol. The van der Waals surface area contributed by atoms with Crippen molar-refractivity contribution in [3.63, 3.8) is 0 Å². The quantitative estimate of drug-likeness (QED) is 0.852. The largest absolute Gasteiger partial charge is 0.366 e. The smallest absolute Gasteiger partial charge is 0.0400 e. The number of nitrogens with one attached hydrogen (secondary N) is 1. The monoisotopic (exact) mass is 282 g/mol. The second kappa shape index (κ2) is 4.76. The number of aryl methyl sites for hydroxylation is 1. The molecule has 1 N–H and O–H groups in total. The second-order valence-electron chi connectivity index (χ2n) is 4.74. The van der Waals surface area contributed by atoms with Gasteiger partial charge in [0.25, 0.3) is 0 Å². The van der Waals surface area contributed by atoms with Crippen LogP contribution in [0.25, 0.3) is 0 Å². The fraction of sp³-hybridized carbons (Fsp3) is 0.538. The molecule has 1 saturated heterocycles. The van der Waals surface area contributed by atoms with Crippen LogP contribution in [0, 0.1) is 6.92 Å². The molecule has 0 radical (unpaired) electrons. The van der Waals surface area contributed by atoms with Gasteiger partial charge in [-0.15, -0.1) is 0 Å². The number of benzene rings is 1. The van der Waals surface area contributed by atoms with Gasteiger partial charge < -0.3 is 10.2 Å². The number of rotatable bonds is 1. The fourth-order valence-electron chi connectivity index (χ4n) is 2.30. The summed E-state index contributed by atoms with van der Waals surface area (Å²) in [5, 5.41) is 3.51. The van der Waals surface area contributed by atoms with Gasteiger partial charge in [0.15, 0.2) is 0 Å². The van der Waals surface area contributed by atoms with Crippen LogP contribution in [-0.2, 0) is 0 Å². The Morgan fingerprint density at radius 2 is 2.12 bits per heavy atom. The van der Waals surface area contributed by atoms with E-state index >= 15 is 0 Å². The molecule has 0 bridgehead atoms. The highest BCUT2D eigenvalue weighted by Crippen LogP contribution is 2.26. The average Bonchev–Trinajstić information content (AvgIpc) is 2.22. The first-order valence-electron chi connectivity index (χ1n) is 5.84. The molecule has 3 heteroatoms. The molecule has 2 nitrogen and oxygen atoms in total. The molecule has 1 aromatic rings. The maximum atomic E-state index is 3.52. The van der Waals surface area contributed by atoms with Crippen LogP contribution in [0.5, 0.6) is 0 Å². The van der Waals surface area contributed by atoms with E-state index in [0.717, 1.165) is 17.6 Å². The summed E-state index contributed by atoms with van der Waals surface area (Å²) in [6, 6.07) is 7.67. The molecule has 2 unspecified atom stereocenters. The fourth-order valence-corrected chi connectivity index (χ4v) is 2.77. The molecule has 2 rings (SSSR count). The lowest BCUT2D eigenvalue weighted by atomic mass is 10.1. The van der Waals surface area contributed by atoms with Crippen LogP contribution in [0.2, 0.25) is 0 Å².